The summed E-state index contributed by atoms with van der Waals surface area (Å²) < 4.78 is 3.12. The summed E-state index contributed by atoms with van der Waals surface area (Å²) in [6.45, 7) is 4.18. The van der Waals surface area contributed by atoms with E-state index in [1.807, 2.05) is 31.2 Å². The third-order valence-corrected chi connectivity index (χ3v) is 5.02. The fourth-order valence-corrected chi connectivity index (χ4v) is 3.56. The number of fused-ring (bicyclic) bond motifs is 3. The summed E-state index contributed by atoms with van der Waals surface area (Å²) in [6, 6.07) is 7.59. The summed E-state index contributed by atoms with van der Waals surface area (Å²) in [5.41, 5.74) is 4.37. The second-order valence-corrected chi connectivity index (χ2v) is 7.21. The molecule has 4 rings (SSSR count). The number of carbonyl (C=O) groups is 1. The summed E-state index contributed by atoms with van der Waals surface area (Å²) in [5, 5.41) is 7.38. The quantitative estimate of drug-likeness (QED) is 0.789. The topological polar surface area (TPSA) is 68.4 Å². The van der Waals surface area contributed by atoms with Crippen LogP contribution in [0.3, 0.4) is 0 Å². The van der Waals surface area contributed by atoms with Gasteiger partial charge in [0.2, 0.25) is 5.91 Å². The highest BCUT2D eigenvalue weighted by Crippen LogP contribution is 2.26. The van der Waals surface area contributed by atoms with Crippen molar-refractivity contribution in [1.82, 2.24) is 14.2 Å². The average Bonchev–Trinajstić information content (AvgIpc) is 2.98. The van der Waals surface area contributed by atoms with Crippen LogP contribution in [-0.4, -0.2) is 20.1 Å². The number of amides is 1. The highest BCUT2D eigenvalue weighted by atomic mass is 16.2. The Morgan fingerprint density at radius 3 is 2.81 bits per heavy atom. The number of benzene rings is 1. The number of carbonyl (C=O) groups excluding carboxylic acids is 1. The van der Waals surface area contributed by atoms with E-state index in [0.29, 0.717) is 11.4 Å². The Morgan fingerprint density at radius 1 is 1.27 bits per heavy atom. The van der Waals surface area contributed by atoms with E-state index in [-0.39, 0.29) is 18.0 Å². The molecule has 1 aliphatic rings. The minimum Gasteiger partial charge on any atom is -0.325 e. The second kappa shape index (κ2) is 6.44. The molecule has 0 aliphatic heterocycles. The Balaban J connectivity index is 1.61. The SMILES string of the molecule is Cc1ccc(NC(=O)Cn2ccn3nc4c(c3c2=O)CC(C)CC4)cc1. The molecule has 1 atom stereocenters. The first kappa shape index (κ1) is 16.6. The molecule has 6 heteroatoms. The number of hydrogen-bond donors (Lipinski definition) is 1. The number of rotatable bonds is 3. The van der Waals surface area contributed by atoms with Crippen molar-refractivity contribution in [3.8, 4) is 0 Å². The number of nitrogens with one attached hydrogen (secondary N) is 1. The van der Waals surface area contributed by atoms with Gasteiger partial charge >= 0.3 is 0 Å². The summed E-state index contributed by atoms with van der Waals surface area (Å²) in [4.78, 5) is 25.3. The zero-order valence-corrected chi connectivity index (χ0v) is 15.0. The molecule has 6 nitrogen and oxygen atoms in total. The van der Waals surface area contributed by atoms with Gasteiger partial charge in [-0.2, -0.15) is 5.10 Å². The number of anilines is 1. The minimum absolute atomic E-state index is 0.0152. The molecule has 1 unspecified atom stereocenters. The maximum Gasteiger partial charge on any atom is 0.277 e. The maximum atomic E-state index is 12.9. The highest BCUT2D eigenvalue weighted by molar-refractivity contribution is 5.90. The van der Waals surface area contributed by atoms with Crippen molar-refractivity contribution in [2.45, 2.75) is 39.7 Å². The van der Waals surface area contributed by atoms with Crippen LogP contribution in [0.5, 0.6) is 0 Å². The molecule has 26 heavy (non-hydrogen) atoms. The third kappa shape index (κ3) is 3.03. The second-order valence-electron chi connectivity index (χ2n) is 7.21. The van der Waals surface area contributed by atoms with Crippen molar-refractivity contribution in [2.75, 3.05) is 5.32 Å². The normalized spacial score (nSPS) is 16.5. The molecule has 1 aromatic carbocycles. The minimum atomic E-state index is -0.220. The van der Waals surface area contributed by atoms with Crippen molar-refractivity contribution >= 4 is 17.1 Å². The van der Waals surface area contributed by atoms with Gasteiger partial charge in [0.15, 0.2) is 0 Å². The van der Waals surface area contributed by atoms with E-state index in [0.717, 1.165) is 41.8 Å². The van der Waals surface area contributed by atoms with E-state index in [1.54, 1.807) is 16.9 Å². The zero-order valence-electron chi connectivity index (χ0n) is 15.0. The maximum absolute atomic E-state index is 12.9. The standard InChI is InChI=1S/C20H22N4O2/c1-13-3-6-15(7-4-13)21-18(25)12-23-9-10-24-19(20(23)26)16-11-14(2)5-8-17(16)22-24/h3-4,6-7,9-10,14H,5,8,11-12H2,1-2H3,(H,21,25). The van der Waals surface area contributed by atoms with Gasteiger partial charge in [-0.25, -0.2) is 4.52 Å². The van der Waals surface area contributed by atoms with Crippen LogP contribution in [0, 0.1) is 12.8 Å². The van der Waals surface area contributed by atoms with Crippen LogP contribution in [0.2, 0.25) is 0 Å². The summed E-state index contributed by atoms with van der Waals surface area (Å²) in [6.07, 6.45) is 6.27. The van der Waals surface area contributed by atoms with Crippen LogP contribution >= 0.6 is 0 Å². The first-order valence-electron chi connectivity index (χ1n) is 8.97. The van der Waals surface area contributed by atoms with Crippen LogP contribution in [0.1, 0.15) is 30.2 Å². The number of nitrogens with zero attached hydrogens (tertiary/aromatic N) is 3. The van der Waals surface area contributed by atoms with Gasteiger partial charge in [-0.1, -0.05) is 24.6 Å². The van der Waals surface area contributed by atoms with E-state index in [1.165, 1.54) is 4.57 Å². The fourth-order valence-electron chi connectivity index (χ4n) is 3.56. The lowest BCUT2D eigenvalue weighted by Gasteiger charge is -2.16. The third-order valence-electron chi connectivity index (χ3n) is 5.02. The predicted octanol–water partition coefficient (Wildman–Crippen LogP) is 2.57. The monoisotopic (exact) mass is 350 g/mol. The Hall–Kier alpha value is -2.89. The molecule has 0 spiro atoms. The zero-order chi connectivity index (χ0) is 18.3. The lowest BCUT2D eigenvalue weighted by molar-refractivity contribution is -0.116. The Bertz CT molecular complexity index is 1030. The molecule has 0 saturated heterocycles. The summed E-state index contributed by atoms with van der Waals surface area (Å²) >= 11 is 0. The lowest BCUT2D eigenvalue weighted by atomic mass is 9.88. The largest absolute Gasteiger partial charge is 0.325 e. The van der Waals surface area contributed by atoms with Gasteiger partial charge in [-0.05, 0) is 44.2 Å². The molecule has 1 amide bonds. The summed E-state index contributed by atoms with van der Waals surface area (Å²) in [7, 11) is 0. The van der Waals surface area contributed by atoms with Gasteiger partial charge in [-0.15, -0.1) is 0 Å². The van der Waals surface area contributed by atoms with Gasteiger partial charge in [0.05, 0.1) is 5.69 Å². The first-order chi connectivity index (χ1) is 12.5. The molecule has 134 valence electrons. The smallest absolute Gasteiger partial charge is 0.277 e. The molecule has 1 aliphatic carbocycles. The van der Waals surface area contributed by atoms with Crippen LogP contribution in [-0.2, 0) is 24.2 Å². The first-order valence-corrected chi connectivity index (χ1v) is 8.97. The number of aromatic nitrogens is 3. The Morgan fingerprint density at radius 2 is 2.04 bits per heavy atom. The molecular weight excluding hydrogens is 328 g/mol. The van der Waals surface area contributed by atoms with Crippen LogP contribution in [0.15, 0.2) is 41.5 Å². The molecule has 0 saturated carbocycles. The van der Waals surface area contributed by atoms with E-state index in [4.69, 9.17) is 0 Å². The Kier molecular flexibility index (Phi) is 4.11. The molecule has 2 aromatic heterocycles. The van der Waals surface area contributed by atoms with E-state index >= 15 is 0 Å². The van der Waals surface area contributed by atoms with Crippen LogP contribution in [0.25, 0.3) is 5.52 Å². The van der Waals surface area contributed by atoms with Gasteiger partial charge in [-0.3, -0.25) is 9.59 Å². The van der Waals surface area contributed by atoms with E-state index < -0.39 is 0 Å². The van der Waals surface area contributed by atoms with Crippen LogP contribution in [0.4, 0.5) is 5.69 Å². The van der Waals surface area contributed by atoms with Gasteiger partial charge in [0.1, 0.15) is 12.1 Å². The number of hydrogen-bond acceptors (Lipinski definition) is 3. The highest BCUT2D eigenvalue weighted by Gasteiger charge is 2.23. The molecular formula is C20H22N4O2. The van der Waals surface area contributed by atoms with Crippen molar-refractivity contribution in [3.63, 3.8) is 0 Å². The molecule has 0 fully saturated rings. The van der Waals surface area contributed by atoms with Gasteiger partial charge < -0.3 is 9.88 Å². The van der Waals surface area contributed by atoms with Gasteiger partial charge in [0, 0.05) is 23.6 Å². The molecule has 1 N–H and O–H groups in total. The molecule has 3 aromatic rings. The molecule has 0 radical (unpaired) electrons. The van der Waals surface area contributed by atoms with E-state index in [9.17, 15) is 9.59 Å². The van der Waals surface area contributed by atoms with Crippen molar-refractivity contribution in [3.05, 3.63) is 63.8 Å². The average molecular weight is 350 g/mol. The lowest BCUT2D eigenvalue weighted by Crippen LogP contribution is -2.28. The fraction of sp³-hybridized carbons (Fsp3) is 0.350. The molecule has 2 heterocycles. The van der Waals surface area contributed by atoms with Crippen LogP contribution < -0.4 is 10.9 Å². The Labute approximate surface area is 151 Å². The van der Waals surface area contributed by atoms with Crippen molar-refractivity contribution in [1.29, 1.82) is 0 Å². The number of aryl methyl sites for hydroxylation is 2. The van der Waals surface area contributed by atoms with Crippen molar-refractivity contribution < 1.29 is 4.79 Å². The van der Waals surface area contributed by atoms with E-state index in [2.05, 4.69) is 17.3 Å². The summed E-state index contributed by atoms with van der Waals surface area (Å²) in [5.74, 6) is 0.329. The predicted molar refractivity (Wildman–Crippen MR) is 100 cm³/mol. The molecule has 0 bridgehead atoms. The van der Waals surface area contributed by atoms with Gasteiger partial charge in [0.25, 0.3) is 5.56 Å². The van der Waals surface area contributed by atoms with Crippen molar-refractivity contribution in [2.24, 2.45) is 5.92 Å².